The van der Waals surface area contributed by atoms with E-state index in [1.165, 1.54) is 23.0 Å². The van der Waals surface area contributed by atoms with Gasteiger partial charge < -0.3 is 9.64 Å². The molecular weight excluding hydrogens is 462 g/mol. The molecule has 2 fully saturated rings. The Bertz CT molecular complexity index is 1120. The first kappa shape index (κ1) is 25.4. The lowest BCUT2D eigenvalue weighted by Crippen LogP contribution is -2.48. The standard InChI is InChI=1S/C27H35N3O4S/c1-34-25-14-13-24(22-26(25)35(32,33)30-16-7-2-3-8-17-30)27(31)29-20-18-28(19-21-29)15-9-12-23-10-5-4-6-11-23/h4-6,9-14,22H,2-3,7-8,15-21H2,1H3/b12-9+. The molecule has 2 saturated heterocycles. The van der Waals surface area contributed by atoms with Crippen LogP contribution in [0.25, 0.3) is 6.08 Å². The Morgan fingerprint density at radius 3 is 2.26 bits per heavy atom. The largest absolute Gasteiger partial charge is 0.495 e. The number of nitrogens with zero attached hydrogens (tertiary/aromatic N) is 3. The van der Waals surface area contributed by atoms with Gasteiger partial charge in [0, 0.05) is 51.4 Å². The number of ether oxygens (including phenoxy) is 1. The summed E-state index contributed by atoms with van der Waals surface area (Å²) in [6.07, 6.45) is 8.04. The van der Waals surface area contributed by atoms with Gasteiger partial charge in [0.15, 0.2) is 0 Å². The van der Waals surface area contributed by atoms with Crippen LogP contribution in [0.15, 0.2) is 59.5 Å². The summed E-state index contributed by atoms with van der Waals surface area (Å²) in [7, 11) is -2.27. The minimum atomic E-state index is -3.74. The molecule has 2 aliphatic heterocycles. The van der Waals surface area contributed by atoms with Crippen molar-refractivity contribution in [2.75, 3.05) is 52.9 Å². The first-order chi connectivity index (χ1) is 17.0. The Kier molecular flexibility index (Phi) is 8.59. The van der Waals surface area contributed by atoms with Crippen LogP contribution in [0.5, 0.6) is 5.75 Å². The molecule has 0 aromatic heterocycles. The van der Waals surface area contributed by atoms with Gasteiger partial charge in [-0.15, -0.1) is 0 Å². The lowest BCUT2D eigenvalue weighted by atomic mass is 10.1. The van der Waals surface area contributed by atoms with Crippen LogP contribution in [-0.2, 0) is 10.0 Å². The molecule has 0 bridgehead atoms. The molecule has 4 rings (SSSR count). The van der Waals surface area contributed by atoms with E-state index in [2.05, 4.69) is 29.2 Å². The van der Waals surface area contributed by atoms with Crippen molar-refractivity contribution in [2.24, 2.45) is 0 Å². The highest BCUT2D eigenvalue weighted by Crippen LogP contribution is 2.30. The molecule has 2 aliphatic rings. The molecule has 2 heterocycles. The van der Waals surface area contributed by atoms with E-state index in [1.807, 2.05) is 23.1 Å². The Morgan fingerprint density at radius 2 is 1.60 bits per heavy atom. The quantitative estimate of drug-likeness (QED) is 0.583. The minimum absolute atomic E-state index is 0.0810. The van der Waals surface area contributed by atoms with Gasteiger partial charge in [-0.05, 0) is 36.6 Å². The SMILES string of the molecule is COc1ccc(C(=O)N2CCN(C/C=C/c3ccccc3)CC2)cc1S(=O)(=O)N1CCCCCC1. The highest BCUT2D eigenvalue weighted by Gasteiger charge is 2.30. The number of benzene rings is 2. The van der Waals surface area contributed by atoms with Gasteiger partial charge in [-0.3, -0.25) is 9.69 Å². The number of hydrogen-bond donors (Lipinski definition) is 0. The molecular formula is C27H35N3O4S. The maximum absolute atomic E-state index is 13.4. The van der Waals surface area contributed by atoms with E-state index in [-0.39, 0.29) is 16.6 Å². The molecule has 0 aliphatic carbocycles. The highest BCUT2D eigenvalue weighted by molar-refractivity contribution is 7.89. The Labute approximate surface area is 209 Å². The van der Waals surface area contributed by atoms with Crippen LogP contribution in [0.3, 0.4) is 0 Å². The Hall–Kier alpha value is -2.68. The number of carbonyl (C=O) groups is 1. The summed E-state index contributed by atoms with van der Waals surface area (Å²) in [6, 6.07) is 15.0. The summed E-state index contributed by atoms with van der Waals surface area (Å²) in [5.74, 6) is 0.139. The van der Waals surface area contributed by atoms with Crippen molar-refractivity contribution in [3.8, 4) is 5.75 Å². The maximum Gasteiger partial charge on any atom is 0.253 e. The third-order valence-electron chi connectivity index (χ3n) is 6.73. The molecule has 1 amide bonds. The molecule has 0 atom stereocenters. The number of methoxy groups -OCH3 is 1. The molecule has 0 saturated carbocycles. The van der Waals surface area contributed by atoms with Crippen LogP contribution in [-0.4, -0.2) is 81.4 Å². The lowest BCUT2D eigenvalue weighted by Gasteiger charge is -2.34. The van der Waals surface area contributed by atoms with Crippen molar-refractivity contribution >= 4 is 22.0 Å². The van der Waals surface area contributed by atoms with E-state index in [9.17, 15) is 13.2 Å². The number of hydrogen-bond acceptors (Lipinski definition) is 5. The molecule has 2 aromatic carbocycles. The highest BCUT2D eigenvalue weighted by atomic mass is 32.2. The second-order valence-electron chi connectivity index (χ2n) is 9.09. The molecule has 8 heteroatoms. The van der Waals surface area contributed by atoms with Crippen LogP contribution in [0.4, 0.5) is 0 Å². The van der Waals surface area contributed by atoms with E-state index in [1.54, 1.807) is 12.1 Å². The first-order valence-corrected chi connectivity index (χ1v) is 13.8. The van der Waals surface area contributed by atoms with E-state index < -0.39 is 10.0 Å². The van der Waals surface area contributed by atoms with Crippen LogP contribution in [0.2, 0.25) is 0 Å². The second kappa shape index (κ2) is 11.8. The molecule has 0 radical (unpaired) electrons. The summed E-state index contributed by atoms with van der Waals surface area (Å²) in [5.41, 5.74) is 1.56. The third kappa shape index (κ3) is 6.31. The molecule has 7 nitrogen and oxygen atoms in total. The first-order valence-electron chi connectivity index (χ1n) is 12.4. The van der Waals surface area contributed by atoms with Gasteiger partial charge in [-0.2, -0.15) is 4.31 Å². The number of rotatable bonds is 7. The third-order valence-corrected chi connectivity index (χ3v) is 8.65. The zero-order chi connectivity index (χ0) is 24.7. The number of amides is 1. The van der Waals surface area contributed by atoms with Crippen molar-refractivity contribution in [3.05, 3.63) is 65.7 Å². The summed E-state index contributed by atoms with van der Waals surface area (Å²) in [6.45, 7) is 4.61. The van der Waals surface area contributed by atoms with E-state index in [0.29, 0.717) is 31.7 Å². The molecule has 0 N–H and O–H groups in total. The van der Waals surface area contributed by atoms with Crippen LogP contribution in [0, 0.1) is 0 Å². The number of piperazine rings is 1. The fourth-order valence-corrected chi connectivity index (χ4v) is 6.35. The van der Waals surface area contributed by atoms with Gasteiger partial charge in [0.2, 0.25) is 10.0 Å². The Morgan fingerprint density at radius 1 is 0.914 bits per heavy atom. The maximum atomic E-state index is 13.4. The molecule has 35 heavy (non-hydrogen) atoms. The van der Waals surface area contributed by atoms with Gasteiger partial charge >= 0.3 is 0 Å². The molecule has 0 spiro atoms. The fourth-order valence-electron chi connectivity index (χ4n) is 4.65. The van der Waals surface area contributed by atoms with Gasteiger partial charge in [0.25, 0.3) is 5.91 Å². The van der Waals surface area contributed by atoms with E-state index in [0.717, 1.165) is 45.3 Å². The van der Waals surface area contributed by atoms with Gasteiger partial charge in [-0.1, -0.05) is 55.3 Å². The minimum Gasteiger partial charge on any atom is -0.495 e. The van der Waals surface area contributed by atoms with Crippen molar-refractivity contribution in [1.82, 2.24) is 14.1 Å². The van der Waals surface area contributed by atoms with Gasteiger partial charge in [0.05, 0.1) is 7.11 Å². The van der Waals surface area contributed by atoms with Crippen LogP contribution in [0.1, 0.15) is 41.6 Å². The van der Waals surface area contributed by atoms with Crippen LogP contribution < -0.4 is 4.74 Å². The number of sulfonamides is 1. The van der Waals surface area contributed by atoms with Gasteiger partial charge in [0.1, 0.15) is 10.6 Å². The summed E-state index contributed by atoms with van der Waals surface area (Å²) in [4.78, 5) is 17.5. The van der Waals surface area contributed by atoms with Crippen molar-refractivity contribution in [3.63, 3.8) is 0 Å². The fraction of sp³-hybridized carbons (Fsp3) is 0.444. The zero-order valence-electron chi connectivity index (χ0n) is 20.4. The molecule has 2 aromatic rings. The zero-order valence-corrected chi connectivity index (χ0v) is 21.3. The number of carbonyl (C=O) groups excluding carboxylic acids is 1. The van der Waals surface area contributed by atoms with Crippen molar-refractivity contribution in [2.45, 2.75) is 30.6 Å². The normalized spacial score (nSPS) is 18.5. The smallest absolute Gasteiger partial charge is 0.253 e. The van der Waals surface area contributed by atoms with Crippen LogP contribution >= 0.6 is 0 Å². The average molecular weight is 498 g/mol. The van der Waals surface area contributed by atoms with Crippen molar-refractivity contribution in [1.29, 1.82) is 0 Å². The molecule has 0 unspecified atom stereocenters. The monoisotopic (exact) mass is 497 g/mol. The van der Waals surface area contributed by atoms with E-state index >= 15 is 0 Å². The summed E-state index contributed by atoms with van der Waals surface area (Å²) < 4.78 is 33.8. The lowest BCUT2D eigenvalue weighted by molar-refractivity contribution is 0.0650. The Balaban J connectivity index is 1.41. The summed E-state index contributed by atoms with van der Waals surface area (Å²) >= 11 is 0. The average Bonchev–Trinajstić information content (AvgIpc) is 3.19. The van der Waals surface area contributed by atoms with E-state index in [4.69, 9.17) is 4.74 Å². The topological polar surface area (TPSA) is 70.2 Å². The molecule has 188 valence electrons. The second-order valence-corrected chi connectivity index (χ2v) is 11.0. The predicted molar refractivity (Wildman–Crippen MR) is 138 cm³/mol. The van der Waals surface area contributed by atoms with Gasteiger partial charge in [-0.25, -0.2) is 8.42 Å². The predicted octanol–water partition coefficient (Wildman–Crippen LogP) is 3.73. The van der Waals surface area contributed by atoms with Crippen molar-refractivity contribution < 1.29 is 17.9 Å². The summed E-state index contributed by atoms with van der Waals surface area (Å²) in [5, 5.41) is 0.